The van der Waals surface area contributed by atoms with Crippen molar-refractivity contribution in [3.63, 3.8) is 0 Å². The van der Waals surface area contributed by atoms with E-state index < -0.39 is 0 Å². The van der Waals surface area contributed by atoms with Gasteiger partial charge in [0.15, 0.2) is 0 Å². The summed E-state index contributed by atoms with van der Waals surface area (Å²) in [5.41, 5.74) is 2.07. The minimum absolute atomic E-state index is 0.506. The smallest absolute Gasteiger partial charge is 0.148 e. The summed E-state index contributed by atoms with van der Waals surface area (Å²) < 4.78 is 5.48. The van der Waals surface area contributed by atoms with Crippen molar-refractivity contribution in [2.75, 3.05) is 31.4 Å². The van der Waals surface area contributed by atoms with Crippen LogP contribution in [0.25, 0.3) is 11.3 Å². The average Bonchev–Trinajstić information content (AvgIpc) is 3.24. The molecule has 0 atom stereocenters. The first kappa shape index (κ1) is 18.3. The SMILES string of the molecule is COc1ccccc1-c1csc(C2CCN(c3cncc(SC)n3)CC2)n1. The van der Waals surface area contributed by atoms with Crippen LogP contribution in [0.15, 0.2) is 47.1 Å². The molecule has 2 aromatic heterocycles. The molecule has 140 valence electrons. The van der Waals surface area contributed by atoms with Gasteiger partial charge in [-0.25, -0.2) is 9.97 Å². The first-order valence-corrected chi connectivity index (χ1v) is 11.1. The van der Waals surface area contributed by atoms with E-state index in [0.717, 1.165) is 53.8 Å². The van der Waals surface area contributed by atoms with Crippen LogP contribution in [0.5, 0.6) is 5.75 Å². The van der Waals surface area contributed by atoms with Gasteiger partial charge in [-0.1, -0.05) is 12.1 Å². The molecule has 0 bridgehead atoms. The fourth-order valence-corrected chi connectivity index (χ4v) is 4.74. The zero-order valence-electron chi connectivity index (χ0n) is 15.5. The highest BCUT2D eigenvalue weighted by Gasteiger charge is 2.24. The second-order valence-electron chi connectivity index (χ2n) is 6.45. The molecule has 0 amide bonds. The van der Waals surface area contributed by atoms with E-state index in [4.69, 9.17) is 9.72 Å². The van der Waals surface area contributed by atoms with Gasteiger partial charge in [-0.2, -0.15) is 0 Å². The molecule has 0 spiro atoms. The van der Waals surface area contributed by atoms with Gasteiger partial charge in [0, 0.05) is 30.0 Å². The molecule has 1 fully saturated rings. The lowest BCUT2D eigenvalue weighted by atomic mass is 9.97. The Balaban J connectivity index is 1.45. The van der Waals surface area contributed by atoms with Crippen LogP contribution in [0.4, 0.5) is 5.82 Å². The Labute approximate surface area is 167 Å². The predicted octanol–water partition coefficient (Wildman–Crippen LogP) is 4.71. The van der Waals surface area contributed by atoms with Crippen molar-refractivity contribution >= 4 is 28.9 Å². The third kappa shape index (κ3) is 3.94. The second-order valence-corrected chi connectivity index (χ2v) is 8.17. The van der Waals surface area contributed by atoms with Gasteiger partial charge < -0.3 is 9.64 Å². The Bertz CT molecular complexity index is 906. The molecule has 0 N–H and O–H groups in total. The maximum atomic E-state index is 5.48. The fraction of sp³-hybridized carbons (Fsp3) is 0.350. The van der Waals surface area contributed by atoms with E-state index in [1.807, 2.05) is 36.8 Å². The number of hydrogen-bond acceptors (Lipinski definition) is 7. The number of rotatable bonds is 5. The van der Waals surface area contributed by atoms with Crippen LogP contribution >= 0.6 is 23.1 Å². The quantitative estimate of drug-likeness (QED) is 0.580. The molecule has 0 unspecified atom stereocenters. The molecule has 0 saturated carbocycles. The number of piperidine rings is 1. The lowest BCUT2D eigenvalue weighted by Crippen LogP contribution is -2.33. The van der Waals surface area contributed by atoms with Gasteiger partial charge in [-0.15, -0.1) is 23.1 Å². The van der Waals surface area contributed by atoms with E-state index in [9.17, 15) is 0 Å². The van der Waals surface area contributed by atoms with Gasteiger partial charge in [0.2, 0.25) is 0 Å². The molecule has 1 aliphatic rings. The minimum Gasteiger partial charge on any atom is -0.496 e. The van der Waals surface area contributed by atoms with Gasteiger partial charge >= 0.3 is 0 Å². The van der Waals surface area contributed by atoms with Gasteiger partial charge in [-0.3, -0.25) is 4.98 Å². The Morgan fingerprint density at radius 2 is 1.96 bits per heavy atom. The molecular weight excluding hydrogens is 376 g/mol. The number of ether oxygens (including phenoxy) is 1. The van der Waals surface area contributed by atoms with Gasteiger partial charge in [0.25, 0.3) is 0 Å². The van der Waals surface area contributed by atoms with Crippen LogP contribution in [0, 0.1) is 0 Å². The standard InChI is InChI=1S/C20H22N4OS2/c1-25-17-6-4-3-5-15(17)16-13-27-20(22-16)14-7-9-24(10-8-14)18-11-21-12-19(23-18)26-2/h3-6,11-14H,7-10H2,1-2H3. The Morgan fingerprint density at radius 1 is 1.15 bits per heavy atom. The Hall–Kier alpha value is -2.12. The number of anilines is 1. The van der Waals surface area contributed by atoms with Crippen LogP contribution in [0.1, 0.15) is 23.8 Å². The predicted molar refractivity (Wildman–Crippen MR) is 112 cm³/mol. The number of methoxy groups -OCH3 is 1. The van der Waals surface area contributed by atoms with Gasteiger partial charge in [0.05, 0.1) is 30.2 Å². The first-order chi connectivity index (χ1) is 13.3. The number of hydrogen-bond donors (Lipinski definition) is 0. The van der Waals surface area contributed by atoms with Crippen molar-refractivity contribution in [1.29, 1.82) is 0 Å². The van der Waals surface area contributed by atoms with E-state index in [0.29, 0.717) is 5.92 Å². The van der Waals surface area contributed by atoms with Crippen LogP contribution in [0.2, 0.25) is 0 Å². The van der Waals surface area contributed by atoms with Crippen LogP contribution < -0.4 is 9.64 Å². The summed E-state index contributed by atoms with van der Waals surface area (Å²) in [5, 5.41) is 4.34. The van der Waals surface area contributed by atoms with E-state index >= 15 is 0 Å². The summed E-state index contributed by atoms with van der Waals surface area (Å²) in [7, 11) is 1.71. The number of benzene rings is 1. The monoisotopic (exact) mass is 398 g/mol. The van der Waals surface area contributed by atoms with E-state index in [-0.39, 0.29) is 0 Å². The highest BCUT2D eigenvalue weighted by atomic mass is 32.2. The summed E-state index contributed by atoms with van der Waals surface area (Å²) in [5.74, 6) is 2.36. The van der Waals surface area contributed by atoms with Crippen molar-refractivity contribution < 1.29 is 4.74 Å². The first-order valence-electron chi connectivity index (χ1n) is 8.98. The highest BCUT2D eigenvalue weighted by Crippen LogP contribution is 2.36. The lowest BCUT2D eigenvalue weighted by Gasteiger charge is -2.31. The summed E-state index contributed by atoms with van der Waals surface area (Å²) in [6.45, 7) is 1.97. The molecule has 0 radical (unpaired) electrons. The minimum atomic E-state index is 0.506. The topological polar surface area (TPSA) is 51.1 Å². The third-order valence-electron chi connectivity index (χ3n) is 4.88. The summed E-state index contributed by atoms with van der Waals surface area (Å²) in [6, 6.07) is 8.06. The maximum Gasteiger partial charge on any atom is 0.148 e. The Kier molecular flexibility index (Phi) is 5.59. The fourth-order valence-electron chi connectivity index (χ4n) is 3.40. The third-order valence-corrected chi connectivity index (χ3v) is 6.50. The molecule has 5 nitrogen and oxygen atoms in total. The number of aromatic nitrogens is 3. The lowest BCUT2D eigenvalue weighted by molar-refractivity contribution is 0.416. The molecule has 3 heterocycles. The number of para-hydroxylation sites is 1. The normalized spacial score (nSPS) is 15.1. The molecule has 3 aromatic rings. The van der Waals surface area contributed by atoms with Crippen molar-refractivity contribution in [3.8, 4) is 17.0 Å². The molecule has 27 heavy (non-hydrogen) atoms. The zero-order chi connectivity index (χ0) is 18.6. The van der Waals surface area contributed by atoms with Crippen molar-refractivity contribution in [2.45, 2.75) is 23.8 Å². The van der Waals surface area contributed by atoms with Crippen molar-refractivity contribution in [3.05, 3.63) is 47.0 Å². The molecular formula is C20H22N4OS2. The summed E-state index contributed by atoms with van der Waals surface area (Å²) in [6.07, 6.45) is 7.88. The molecule has 4 rings (SSSR count). The van der Waals surface area contributed by atoms with Crippen LogP contribution in [-0.2, 0) is 0 Å². The second kappa shape index (κ2) is 8.27. The zero-order valence-corrected chi connectivity index (χ0v) is 17.1. The van der Waals surface area contributed by atoms with E-state index in [2.05, 4.69) is 26.3 Å². The highest BCUT2D eigenvalue weighted by molar-refractivity contribution is 7.98. The number of nitrogens with zero attached hydrogens (tertiary/aromatic N) is 4. The maximum absolute atomic E-state index is 5.48. The summed E-state index contributed by atoms with van der Waals surface area (Å²) >= 11 is 3.39. The Morgan fingerprint density at radius 3 is 2.74 bits per heavy atom. The number of thioether (sulfide) groups is 1. The van der Waals surface area contributed by atoms with Gasteiger partial charge in [0.1, 0.15) is 16.6 Å². The molecule has 7 heteroatoms. The van der Waals surface area contributed by atoms with Crippen molar-refractivity contribution in [2.24, 2.45) is 0 Å². The van der Waals surface area contributed by atoms with Crippen LogP contribution in [0.3, 0.4) is 0 Å². The summed E-state index contributed by atoms with van der Waals surface area (Å²) in [4.78, 5) is 16.2. The number of thiazole rings is 1. The van der Waals surface area contributed by atoms with Gasteiger partial charge in [-0.05, 0) is 31.2 Å². The average molecular weight is 399 g/mol. The van der Waals surface area contributed by atoms with E-state index in [1.54, 1.807) is 30.2 Å². The largest absolute Gasteiger partial charge is 0.496 e. The molecule has 1 saturated heterocycles. The van der Waals surface area contributed by atoms with Crippen LogP contribution in [-0.4, -0.2) is 41.4 Å². The molecule has 1 aromatic carbocycles. The van der Waals surface area contributed by atoms with Crippen molar-refractivity contribution in [1.82, 2.24) is 15.0 Å². The van der Waals surface area contributed by atoms with E-state index in [1.165, 1.54) is 5.01 Å². The molecule has 1 aliphatic heterocycles. The molecule has 0 aliphatic carbocycles.